The van der Waals surface area contributed by atoms with E-state index in [4.69, 9.17) is 25.4 Å². The number of hydrogen-bond donors (Lipinski definition) is 1. The number of halogens is 1. The highest BCUT2D eigenvalue weighted by Gasteiger charge is 2.34. The Morgan fingerprint density at radius 3 is 2.37 bits per heavy atom. The van der Waals surface area contributed by atoms with Crippen molar-refractivity contribution in [2.24, 2.45) is 0 Å². The Balaban J connectivity index is 1.39. The molecule has 0 aromatic heterocycles. The smallest absolute Gasteiger partial charge is 0.367 e. The van der Waals surface area contributed by atoms with Gasteiger partial charge in [-0.3, -0.25) is 4.57 Å². The van der Waals surface area contributed by atoms with Crippen LogP contribution in [0.1, 0.15) is 59.1 Å². The molecule has 186 valence electrons. The van der Waals surface area contributed by atoms with Gasteiger partial charge in [0.2, 0.25) is 0 Å². The number of hydrogen-bond acceptors (Lipinski definition) is 5. The number of phenolic OH excluding ortho intramolecular Hbond substituents is 1. The van der Waals surface area contributed by atoms with Gasteiger partial charge in [-0.15, -0.1) is 0 Å². The van der Waals surface area contributed by atoms with Gasteiger partial charge in [0, 0.05) is 10.9 Å². The molecule has 1 saturated heterocycles. The zero-order valence-electron chi connectivity index (χ0n) is 20.6. The molecule has 1 aliphatic heterocycles. The monoisotopic (exact) mass is 514 g/mol. The molecule has 35 heavy (non-hydrogen) atoms. The van der Waals surface area contributed by atoms with Crippen molar-refractivity contribution < 1.29 is 23.5 Å². The molecule has 0 amide bonds. The van der Waals surface area contributed by atoms with Gasteiger partial charge < -0.3 is 18.9 Å². The van der Waals surface area contributed by atoms with E-state index in [2.05, 4.69) is 19.9 Å². The second kappa shape index (κ2) is 10.8. The summed E-state index contributed by atoms with van der Waals surface area (Å²) >= 11 is 6.08. The molecule has 1 aliphatic rings. The third kappa shape index (κ3) is 6.29. The molecule has 0 spiro atoms. The van der Waals surface area contributed by atoms with Crippen molar-refractivity contribution in [3.05, 3.63) is 93.0 Å². The van der Waals surface area contributed by atoms with Crippen LogP contribution in [0.15, 0.2) is 54.6 Å². The lowest BCUT2D eigenvalue weighted by Crippen LogP contribution is -2.21. The van der Waals surface area contributed by atoms with Crippen molar-refractivity contribution in [1.82, 2.24) is 0 Å². The van der Waals surface area contributed by atoms with Crippen molar-refractivity contribution in [2.75, 3.05) is 19.6 Å². The summed E-state index contributed by atoms with van der Waals surface area (Å²) in [5, 5.41) is 10.8. The van der Waals surface area contributed by atoms with Gasteiger partial charge in [-0.1, -0.05) is 49.7 Å². The molecule has 5 nitrogen and oxygen atoms in total. The molecule has 7 heteroatoms. The van der Waals surface area contributed by atoms with Gasteiger partial charge in [0.15, 0.2) is 6.35 Å². The van der Waals surface area contributed by atoms with E-state index in [9.17, 15) is 9.67 Å². The van der Waals surface area contributed by atoms with E-state index in [-0.39, 0.29) is 18.2 Å². The first-order valence-electron chi connectivity index (χ1n) is 11.8. The van der Waals surface area contributed by atoms with Gasteiger partial charge in [-0.2, -0.15) is 0 Å². The summed E-state index contributed by atoms with van der Waals surface area (Å²) in [4.78, 5) is 0. The second-order valence-electron chi connectivity index (χ2n) is 9.49. The number of benzene rings is 3. The fourth-order valence-corrected chi connectivity index (χ4v) is 5.91. The Kier molecular flexibility index (Phi) is 7.92. The maximum atomic E-state index is 13.0. The summed E-state index contributed by atoms with van der Waals surface area (Å²) in [7, 11) is -3.34. The number of phenols is 1. The normalized spacial score (nSPS) is 20.2. The van der Waals surface area contributed by atoms with Gasteiger partial charge in [0.05, 0.1) is 13.2 Å². The highest BCUT2D eigenvalue weighted by atomic mass is 35.5. The lowest BCUT2D eigenvalue weighted by atomic mass is 9.93. The molecule has 1 fully saturated rings. The molecule has 1 heterocycles. The minimum atomic E-state index is -3.34. The summed E-state index contributed by atoms with van der Waals surface area (Å²) < 4.78 is 30.2. The van der Waals surface area contributed by atoms with E-state index < -0.39 is 7.60 Å². The minimum Gasteiger partial charge on any atom is -0.508 e. The van der Waals surface area contributed by atoms with E-state index >= 15 is 0 Å². The fraction of sp³-hybridized carbons (Fsp3) is 0.357. The topological polar surface area (TPSA) is 65.0 Å². The van der Waals surface area contributed by atoms with Gasteiger partial charge in [-0.25, -0.2) is 0 Å². The van der Waals surface area contributed by atoms with Crippen molar-refractivity contribution in [2.45, 2.75) is 46.0 Å². The average Bonchev–Trinajstić information content (AvgIpc) is 2.81. The van der Waals surface area contributed by atoms with E-state index in [0.717, 1.165) is 34.2 Å². The van der Waals surface area contributed by atoms with Crippen molar-refractivity contribution in [3.8, 4) is 11.5 Å². The summed E-state index contributed by atoms with van der Waals surface area (Å²) in [6, 6.07) is 17.3. The number of aryl methyl sites for hydroxylation is 2. The van der Waals surface area contributed by atoms with Crippen LogP contribution >= 0.6 is 19.2 Å². The summed E-state index contributed by atoms with van der Waals surface area (Å²) in [5.41, 5.74) is 6.48. The van der Waals surface area contributed by atoms with Gasteiger partial charge in [0.25, 0.3) is 0 Å². The molecule has 4 rings (SSSR count). The van der Waals surface area contributed by atoms with E-state index in [1.807, 2.05) is 56.3 Å². The van der Waals surface area contributed by atoms with Crippen LogP contribution in [-0.2, 0) is 20.0 Å². The molecule has 0 radical (unpaired) electrons. The Morgan fingerprint density at radius 2 is 1.74 bits per heavy atom. The first kappa shape index (κ1) is 25.8. The van der Waals surface area contributed by atoms with Gasteiger partial charge in [0.1, 0.15) is 11.5 Å². The molecule has 0 saturated carbocycles. The second-order valence-corrected chi connectivity index (χ2v) is 11.9. The predicted octanol–water partition coefficient (Wildman–Crippen LogP) is 7.74. The Hall–Kier alpha value is -2.30. The molecule has 0 unspecified atom stereocenters. The molecule has 3 aromatic carbocycles. The maximum absolute atomic E-state index is 13.0. The van der Waals surface area contributed by atoms with Crippen LogP contribution in [0.25, 0.3) is 0 Å². The SMILES string of the molecule is Cc1cc(OCP2(=O)OCC(c3cccc(Cl)c3)CO2)cc(C)c1Cc1ccc(O)c(C(C)C)c1. The third-order valence-corrected chi connectivity index (χ3v) is 8.18. The zero-order chi connectivity index (χ0) is 25.2. The largest absolute Gasteiger partial charge is 0.508 e. The van der Waals surface area contributed by atoms with E-state index in [1.54, 1.807) is 6.07 Å². The summed E-state index contributed by atoms with van der Waals surface area (Å²) in [6.07, 6.45) is 0.622. The standard InChI is InChI=1S/C28H32ClO5P/c1-18(2)26-12-21(8-9-28(26)30)13-27-19(3)10-25(11-20(27)4)32-17-35(31)33-15-23(16-34-35)22-6-5-7-24(29)14-22/h5-12,14,18,23,30H,13,15-17H2,1-4H3. The molecular formula is C28H32ClO5P. The van der Waals surface area contributed by atoms with E-state index in [0.29, 0.717) is 29.7 Å². The Morgan fingerprint density at radius 1 is 1.06 bits per heavy atom. The molecule has 3 aromatic rings. The van der Waals surface area contributed by atoms with Gasteiger partial charge in [-0.05, 0) is 89.9 Å². The minimum absolute atomic E-state index is 0.0179. The lowest BCUT2D eigenvalue weighted by molar-refractivity contribution is 0.113. The quantitative estimate of drug-likeness (QED) is 0.327. The molecule has 0 bridgehead atoms. The van der Waals surface area contributed by atoms with E-state index in [1.165, 1.54) is 5.56 Å². The van der Waals surface area contributed by atoms with Crippen LogP contribution in [-0.4, -0.2) is 24.7 Å². The first-order chi connectivity index (χ1) is 16.6. The van der Waals surface area contributed by atoms with Crippen molar-refractivity contribution in [1.29, 1.82) is 0 Å². The average molecular weight is 515 g/mol. The molecule has 0 atom stereocenters. The zero-order valence-corrected chi connectivity index (χ0v) is 22.2. The number of rotatable bonds is 7. The molecule has 1 N–H and O–H groups in total. The predicted molar refractivity (Wildman–Crippen MR) is 140 cm³/mol. The van der Waals surface area contributed by atoms with Crippen LogP contribution in [0.4, 0.5) is 0 Å². The Bertz CT molecular complexity index is 1220. The van der Waals surface area contributed by atoms with Crippen LogP contribution in [0.5, 0.6) is 11.5 Å². The third-order valence-electron chi connectivity index (χ3n) is 6.42. The molecule has 0 aliphatic carbocycles. The lowest BCUT2D eigenvalue weighted by Gasteiger charge is -2.29. The maximum Gasteiger partial charge on any atom is 0.367 e. The summed E-state index contributed by atoms with van der Waals surface area (Å²) in [6.45, 7) is 8.83. The first-order valence-corrected chi connectivity index (χ1v) is 13.9. The van der Waals surface area contributed by atoms with Crippen molar-refractivity contribution in [3.63, 3.8) is 0 Å². The van der Waals surface area contributed by atoms with Crippen LogP contribution < -0.4 is 4.74 Å². The van der Waals surface area contributed by atoms with Crippen LogP contribution in [0, 0.1) is 13.8 Å². The van der Waals surface area contributed by atoms with Crippen molar-refractivity contribution >= 4 is 19.2 Å². The number of aromatic hydroxyl groups is 1. The summed E-state index contributed by atoms with van der Waals surface area (Å²) in [5.74, 6) is 1.20. The molecular weight excluding hydrogens is 483 g/mol. The highest BCUT2D eigenvalue weighted by Crippen LogP contribution is 2.52. The highest BCUT2D eigenvalue weighted by molar-refractivity contribution is 7.53. The van der Waals surface area contributed by atoms with Crippen LogP contribution in [0.3, 0.4) is 0 Å². The Labute approximate surface area is 212 Å². The fourth-order valence-electron chi connectivity index (χ4n) is 4.37. The number of ether oxygens (including phenoxy) is 1. The van der Waals surface area contributed by atoms with Crippen LogP contribution in [0.2, 0.25) is 5.02 Å². The van der Waals surface area contributed by atoms with Gasteiger partial charge >= 0.3 is 7.60 Å².